The van der Waals surface area contributed by atoms with Crippen LogP contribution in [0.15, 0.2) is 24.3 Å². The number of fused-ring (bicyclic) bond motifs is 1. The third-order valence-corrected chi connectivity index (χ3v) is 3.12. The largest absolute Gasteiger partial charge is 0.497 e. The van der Waals surface area contributed by atoms with Crippen LogP contribution in [-0.2, 0) is 9.47 Å². The molecule has 2 aromatic rings. The summed E-state index contributed by atoms with van der Waals surface area (Å²) >= 11 is 0. The number of hydrogen-bond acceptors (Lipinski definition) is 6. The Bertz CT molecular complexity index is 656. The molecule has 0 amide bonds. The number of ether oxygens (including phenoxy) is 4. The van der Waals surface area contributed by atoms with Crippen molar-refractivity contribution in [2.24, 2.45) is 0 Å². The number of hydrogen-bond donors (Lipinski definition) is 0. The molecule has 0 N–H and O–H groups in total. The van der Waals surface area contributed by atoms with E-state index in [0.717, 1.165) is 11.8 Å². The lowest BCUT2D eigenvalue weighted by Crippen LogP contribution is -2.07. The SMILES string of the molecule is COCCCOc1cc(C(=O)OC)nc2ccc(OC)cc12. The molecule has 1 heterocycles. The summed E-state index contributed by atoms with van der Waals surface area (Å²) in [7, 11) is 4.56. The molecular weight excluding hydrogens is 286 g/mol. The van der Waals surface area contributed by atoms with Crippen LogP contribution in [0.3, 0.4) is 0 Å². The third-order valence-electron chi connectivity index (χ3n) is 3.12. The van der Waals surface area contributed by atoms with Gasteiger partial charge in [0, 0.05) is 31.6 Å². The van der Waals surface area contributed by atoms with Gasteiger partial charge in [0.05, 0.1) is 26.3 Å². The summed E-state index contributed by atoms with van der Waals surface area (Å²) in [6.07, 6.45) is 0.748. The minimum Gasteiger partial charge on any atom is -0.497 e. The average Bonchev–Trinajstić information content (AvgIpc) is 2.57. The predicted molar refractivity (Wildman–Crippen MR) is 81.6 cm³/mol. The molecule has 6 heteroatoms. The van der Waals surface area contributed by atoms with E-state index in [1.165, 1.54) is 7.11 Å². The molecule has 6 nitrogen and oxygen atoms in total. The molecule has 0 aliphatic heterocycles. The van der Waals surface area contributed by atoms with Gasteiger partial charge < -0.3 is 18.9 Å². The van der Waals surface area contributed by atoms with Crippen LogP contribution in [0.5, 0.6) is 11.5 Å². The fourth-order valence-corrected chi connectivity index (χ4v) is 2.01. The van der Waals surface area contributed by atoms with E-state index in [1.54, 1.807) is 32.4 Å². The van der Waals surface area contributed by atoms with Crippen LogP contribution in [0.1, 0.15) is 16.9 Å². The lowest BCUT2D eigenvalue weighted by atomic mass is 10.1. The molecular formula is C16H19NO5. The van der Waals surface area contributed by atoms with Crippen molar-refractivity contribution in [3.63, 3.8) is 0 Å². The zero-order valence-corrected chi connectivity index (χ0v) is 12.9. The normalized spacial score (nSPS) is 10.5. The van der Waals surface area contributed by atoms with Crippen molar-refractivity contribution in [1.82, 2.24) is 4.98 Å². The Labute approximate surface area is 129 Å². The van der Waals surface area contributed by atoms with Crippen molar-refractivity contribution < 1.29 is 23.7 Å². The van der Waals surface area contributed by atoms with Gasteiger partial charge in [-0.3, -0.25) is 0 Å². The molecule has 0 aliphatic carbocycles. The Morgan fingerprint density at radius 2 is 1.95 bits per heavy atom. The summed E-state index contributed by atoms with van der Waals surface area (Å²) in [5.74, 6) is 0.765. The van der Waals surface area contributed by atoms with Gasteiger partial charge in [0.25, 0.3) is 0 Å². The van der Waals surface area contributed by atoms with Crippen LogP contribution < -0.4 is 9.47 Å². The van der Waals surface area contributed by atoms with Gasteiger partial charge in [-0.1, -0.05) is 0 Å². The van der Waals surface area contributed by atoms with Gasteiger partial charge in [-0.25, -0.2) is 9.78 Å². The monoisotopic (exact) mass is 305 g/mol. The van der Waals surface area contributed by atoms with E-state index in [1.807, 2.05) is 6.07 Å². The van der Waals surface area contributed by atoms with Gasteiger partial charge >= 0.3 is 5.97 Å². The van der Waals surface area contributed by atoms with Crippen LogP contribution in [0.2, 0.25) is 0 Å². The number of carbonyl (C=O) groups excluding carboxylic acids is 1. The van der Waals surface area contributed by atoms with Gasteiger partial charge in [0.2, 0.25) is 0 Å². The predicted octanol–water partition coefficient (Wildman–Crippen LogP) is 2.45. The highest BCUT2D eigenvalue weighted by Gasteiger charge is 2.14. The van der Waals surface area contributed by atoms with Crippen molar-refractivity contribution in [1.29, 1.82) is 0 Å². The quantitative estimate of drug-likeness (QED) is 0.578. The van der Waals surface area contributed by atoms with Crippen LogP contribution in [0.4, 0.5) is 0 Å². The fourth-order valence-electron chi connectivity index (χ4n) is 2.01. The molecule has 0 aliphatic rings. The number of aromatic nitrogens is 1. The molecule has 0 saturated heterocycles. The van der Waals surface area contributed by atoms with Gasteiger partial charge in [0.15, 0.2) is 5.69 Å². The first kappa shape index (κ1) is 16.0. The van der Waals surface area contributed by atoms with Crippen LogP contribution >= 0.6 is 0 Å². The number of methoxy groups -OCH3 is 3. The number of rotatable bonds is 7. The van der Waals surface area contributed by atoms with Gasteiger partial charge in [-0.2, -0.15) is 0 Å². The van der Waals surface area contributed by atoms with E-state index >= 15 is 0 Å². The highest BCUT2D eigenvalue weighted by Crippen LogP contribution is 2.29. The molecule has 0 unspecified atom stereocenters. The molecule has 1 aromatic carbocycles. The summed E-state index contributed by atoms with van der Waals surface area (Å²) in [6.45, 7) is 1.08. The van der Waals surface area contributed by atoms with Crippen molar-refractivity contribution in [3.8, 4) is 11.5 Å². The maximum absolute atomic E-state index is 11.7. The first-order valence-electron chi connectivity index (χ1n) is 6.88. The summed E-state index contributed by atoms with van der Waals surface area (Å²) < 4.78 is 20.7. The van der Waals surface area contributed by atoms with Crippen molar-refractivity contribution in [2.45, 2.75) is 6.42 Å². The van der Waals surface area contributed by atoms with Gasteiger partial charge in [0.1, 0.15) is 11.5 Å². The Kier molecular flexibility index (Phi) is 5.55. The number of esters is 1. The molecule has 0 bridgehead atoms. The second-order valence-corrected chi connectivity index (χ2v) is 4.58. The summed E-state index contributed by atoms with van der Waals surface area (Å²) in [4.78, 5) is 16.0. The third kappa shape index (κ3) is 3.65. The number of nitrogens with zero attached hydrogens (tertiary/aromatic N) is 1. The molecule has 0 spiro atoms. The minimum absolute atomic E-state index is 0.210. The standard InChI is InChI=1S/C16H19NO5/c1-19-7-4-8-22-15-10-14(16(18)21-3)17-13-6-5-11(20-2)9-12(13)15/h5-6,9-10H,4,7-8H2,1-3H3. The van der Waals surface area contributed by atoms with Gasteiger partial charge in [-0.15, -0.1) is 0 Å². The molecule has 22 heavy (non-hydrogen) atoms. The van der Waals surface area contributed by atoms with Crippen LogP contribution in [0, 0.1) is 0 Å². The van der Waals surface area contributed by atoms with E-state index in [-0.39, 0.29) is 5.69 Å². The topological polar surface area (TPSA) is 66.9 Å². The molecule has 118 valence electrons. The van der Waals surface area contributed by atoms with Crippen molar-refractivity contribution in [3.05, 3.63) is 30.0 Å². The summed E-state index contributed by atoms with van der Waals surface area (Å²) in [5, 5.41) is 0.782. The second-order valence-electron chi connectivity index (χ2n) is 4.58. The molecule has 0 saturated carbocycles. The number of carbonyl (C=O) groups is 1. The number of pyridine rings is 1. The van der Waals surface area contributed by atoms with E-state index in [9.17, 15) is 4.79 Å². The van der Waals surface area contributed by atoms with Crippen molar-refractivity contribution in [2.75, 3.05) is 34.5 Å². The molecule has 0 radical (unpaired) electrons. The summed E-state index contributed by atoms with van der Waals surface area (Å²) in [5.41, 5.74) is 0.854. The van der Waals surface area contributed by atoms with Gasteiger partial charge in [-0.05, 0) is 18.2 Å². The highest BCUT2D eigenvalue weighted by molar-refractivity contribution is 5.94. The lowest BCUT2D eigenvalue weighted by Gasteiger charge is -2.11. The molecule has 2 rings (SSSR count). The molecule has 0 fully saturated rings. The Morgan fingerprint density at radius 3 is 2.64 bits per heavy atom. The first-order chi connectivity index (χ1) is 10.7. The van der Waals surface area contributed by atoms with E-state index in [4.69, 9.17) is 18.9 Å². The lowest BCUT2D eigenvalue weighted by molar-refractivity contribution is 0.0594. The Morgan fingerprint density at radius 1 is 1.14 bits per heavy atom. The maximum Gasteiger partial charge on any atom is 0.356 e. The van der Waals surface area contributed by atoms with E-state index in [2.05, 4.69) is 4.98 Å². The Hall–Kier alpha value is -2.34. The Balaban J connectivity index is 2.40. The maximum atomic E-state index is 11.7. The molecule has 1 aromatic heterocycles. The highest BCUT2D eigenvalue weighted by atomic mass is 16.5. The average molecular weight is 305 g/mol. The van der Waals surface area contributed by atoms with Crippen LogP contribution in [-0.4, -0.2) is 45.5 Å². The van der Waals surface area contributed by atoms with E-state index in [0.29, 0.717) is 30.2 Å². The second kappa shape index (κ2) is 7.61. The zero-order valence-electron chi connectivity index (χ0n) is 12.9. The van der Waals surface area contributed by atoms with E-state index < -0.39 is 5.97 Å². The molecule has 0 atom stereocenters. The first-order valence-corrected chi connectivity index (χ1v) is 6.88. The van der Waals surface area contributed by atoms with Crippen LogP contribution in [0.25, 0.3) is 10.9 Å². The zero-order chi connectivity index (χ0) is 15.9. The fraction of sp³-hybridized carbons (Fsp3) is 0.375. The smallest absolute Gasteiger partial charge is 0.356 e. The van der Waals surface area contributed by atoms with Crippen molar-refractivity contribution >= 4 is 16.9 Å². The minimum atomic E-state index is -0.501. The number of benzene rings is 1. The summed E-state index contributed by atoms with van der Waals surface area (Å²) in [6, 6.07) is 6.98.